The summed E-state index contributed by atoms with van der Waals surface area (Å²) in [6, 6.07) is 3.16. The Labute approximate surface area is 134 Å². The van der Waals surface area contributed by atoms with E-state index < -0.39 is 6.10 Å². The van der Waals surface area contributed by atoms with E-state index >= 15 is 0 Å². The third-order valence-corrected chi connectivity index (χ3v) is 3.89. The molecule has 8 heteroatoms. The number of aromatic nitrogens is 1. The predicted molar refractivity (Wildman–Crippen MR) is 81.8 cm³/mol. The molecule has 1 aromatic heterocycles. The summed E-state index contributed by atoms with van der Waals surface area (Å²) in [5, 5.41) is 37.0. The molecule has 1 fully saturated rings. The van der Waals surface area contributed by atoms with E-state index in [9.17, 15) is 15.5 Å². The van der Waals surface area contributed by atoms with Crippen molar-refractivity contribution >= 4 is 16.8 Å². The number of pyridine rings is 1. The van der Waals surface area contributed by atoms with Crippen LogP contribution < -0.4 is 4.73 Å². The zero-order chi connectivity index (χ0) is 16.0. The fraction of sp³-hybridized carbons (Fsp3) is 0.571. The summed E-state index contributed by atoms with van der Waals surface area (Å²) in [7, 11) is 0. The molecule has 0 aromatic carbocycles. The number of hydroxylamine groups is 3. The fourth-order valence-electron chi connectivity index (χ4n) is 2.52. The average Bonchev–Trinajstić information content (AvgIpc) is 2.47. The topological polar surface area (TPSA) is 91.8 Å². The molecule has 2 heterocycles. The fourth-order valence-corrected chi connectivity index (χ4v) is 2.68. The molecule has 0 spiro atoms. The quantitative estimate of drug-likeness (QED) is 0.278. The number of halogens is 1. The number of rotatable bonds is 6. The second-order valence-corrected chi connectivity index (χ2v) is 5.89. The van der Waals surface area contributed by atoms with Gasteiger partial charge in [0, 0.05) is 6.07 Å². The lowest BCUT2D eigenvalue weighted by molar-refractivity contribution is -0.888. The minimum absolute atomic E-state index is 0.0152. The Morgan fingerprint density at radius 2 is 2.18 bits per heavy atom. The second-order valence-electron chi connectivity index (χ2n) is 5.53. The lowest BCUT2D eigenvalue weighted by atomic mass is 10.1. The molecule has 0 radical (unpaired) electrons. The van der Waals surface area contributed by atoms with Crippen molar-refractivity contribution in [2.75, 3.05) is 26.2 Å². The molecule has 0 amide bonds. The summed E-state index contributed by atoms with van der Waals surface area (Å²) in [6.07, 6.45) is 4.55. The van der Waals surface area contributed by atoms with E-state index in [1.165, 1.54) is 18.5 Å². The van der Waals surface area contributed by atoms with Crippen molar-refractivity contribution < 1.29 is 19.3 Å². The van der Waals surface area contributed by atoms with Gasteiger partial charge < -0.3 is 25.0 Å². The Morgan fingerprint density at radius 1 is 1.45 bits per heavy atom. The molecule has 22 heavy (non-hydrogen) atoms. The monoisotopic (exact) mass is 329 g/mol. The summed E-state index contributed by atoms with van der Waals surface area (Å²) < 4.78 is 0.223. The summed E-state index contributed by atoms with van der Waals surface area (Å²) >= 11 is 5.91. The van der Waals surface area contributed by atoms with Crippen LogP contribution in [0.1, 0.15) is 24.8 Å². The molecule has 1 unspecified atom stereocenters. The van der Waals surface area contributed by atoms with Gasteiger partial charge in [-0.15, -0.1) is 0 Å². The largest absolute Gasteiger partial charge is 0.633 e. The molecule has 1 aliphatic heterocycles. The van der Waals surface area contributed by atoms with Gasteiger partial charge in [0.05, 0.1) is 18.7 Å². The number of oxime groups is 1. The van der Waals surface area contributed by atoms with Crippen molar-refractivity contribution in [1.29, 1.82) is 0 Å². The number of nitrogens with zero attached hydrogens (tertiary/aromatic N) is 3. The Balaban J connectivity index is 1.80. The summed E-state index contributed by atoms with van der Waals surface area (Å²) in [4.78, 5) is 4.98. The highest BCUT2D eigenvalue weighted by molar-refractivity contribution is 6.69. The molecule has 1 saturated heterocycles. The third-order valence-electron chi connectivity index (χ3n) is 3.60. The minimum Gasteiger partial charge on any atom is -0.633 e. The van der Waals surface area contributed by atoms with Gasteiger partial charge in [0.25, 0.3) is 0 Å². The highest BCUT2D eigenvalue weighted by atomic mass is 35.5. The maximum absolute atomic E-state index is 12.3. The number of hydrogen-bond acceptors (Lipinski definition) is 5. The first kappa shape index (κ1) is 17.0. The summed E-state index contributed by atoms with van der Waals surface area (Å²) in [6.45, 7) is 1.06. The molecule has 1 N–H and O–H groups in total. The first-order valence-electron chi connectivity index (χ1n) is 7.28. The second kappa shape index (κ2) is 7.73. The van der Waals surface area contributed by atoms with Gasteiger partial charge in [0.1, 0.15) is 19.3 Å². The van der Waals surface area contributed by atoms with Crippen molar-refractivity contribution in [2.24, 2.45) is 5.16 Å². The van der Waals surface area contributed by atoms with Gasteiger partial charge in [0.2, 0.25) is 0 Å². The van der Waals surface area contributed by atoms with Crippen molar-refractivity contribution in [3.63, 3.8) is 0 Å². The number of likely N-dealkylation sites (tertiary alicyclic amines) is 1. The van der Waals surface area contributed by atoms with Gasteiger partial charge in [-0.25, -0.2) is 0 Å². The van der Waals surface area contributed by atoms with Crippen LogP contribution in [0.4, 0.5) is 0 Å². The van der Waals surface area contributed by atoms with Gasteiger partial charge in [-0.05, 0) is 25.3 Å². The van der Waals surface area contributed by atoms with E-state index in [0.29, 0.717) is 23.4 Å². The Hall–Kier alpha value is -1.41. The van der Waals surface area contributed by atoms with Crippen molar-refractivity contribution in [3.05, 3.63) is 40.5 Å². The van der Waals surface area contributed by atoms with Crippen molar-refractivity contribution in [3.8, 4) is 0 Å². The van der Waals surface area contributed by atoms with Crippen LogP contribution in [0.15, 0.2) is 29.7 Å². The Kier molecular flexibility index (Phi) is 5.96. The van der Waals surface area contributed by atoms with E-state index in [-0.39, 0.29) is 23.0 Å². The van der Waals surface area contributed by atoms with E-state index in [0.717, 1.165) is 19.3 Å². The zero-order valence-corrected chi connectivity index (χ0v) is 13.0. The first-order chi connectivity index (χ1) is 10.5. The standard InChI is InChI=1S/C14H20ClN3O4/c15-14(12-5-4-6-17(20)9-12)16-22-11-13(19)10-18(21)7-2-1-3-8-18/h4-6,9,13,19H,1-3,7-8,10-11H2. The molecule has 7 nitrogen and oxygen atoms in total. The molecule has 0 saturated carbocycles. The van der Waals surface area contributed by atoms with Crippen LogP contribution in [0.2, 0.25) is 0 Å². The van der Waals surface area contributed by atoms with Gasteiger partial charge in [0.15, 0.2) is 17.6 Å². The van der Waals surface area contributed by atoms with Gasteiger partial charge in [-0.2, -0.15) is 4.73 Å². The van der Waals surface area contributed by atoms with Crippen LogP contribution in [-0.2, 0) is 4.84 Å². The maximum atomic E-state index is 12.3. The average molecular weight is 330 g/mol. The number of aliphatic hydroxyl groups excluding tert-OH is 1. The van der Waals surface area contributed by atoms with E-state index in [4.69, 9.17) is 16.4 Å². The van der Waals surface area contributed by atoms with Crippen LogP contribution in [0, 0.1) is 10.4 Å². The third kappa shape index (κ3) is 5.10. The summed E-state index contributed by atoms with van der Waals surface area (Å²) in [5.74, 6) is 0. The highest BCUT2D eigenvalue weighted by Gasteiger charge is 2.24. The molecule has 0 aliphatic carbocycles. The molecule has 1 aliphatic rings. The highest BCUT2D eigenvalue weighted by Crippen LogP contribution is 2.17. The minimum atomic E-state index is -0.899. The van der Waals surface area contributed by atoms with Crippen molar-refractivity contribution in [1.82, 2.24) is 0 Å². The molecule has 1 atom stereocenters. The summed E-state index contributed by atoms with van der Waals surface area (Å²) in [5.41, 5.74) is 0.414. The lowest BCUT2D eigenvalue weighted by Crippen LogP contribution is -2.51. The van der Waals surface area contributed by atoms with Crippen LogP contribution in [0.3, 0.4) is 0 Å². The molecular formula is C14H20ClN3O4. The van der Waals surface area contributed by atoms with Crippen LogP contribution >= 0.6 is 11.6 Å². The smallest absolute Gasteiger partial charge is 0.190 e. The number of aliphatic hydroxyl groups is 1. The lowest BCUT2D eigenvalue weighted by Gasteiger charge is -2.46. The van der Waals surface area contributed by atoms with Gasteiger partial charge in [-0.3, -0.25) is 0 Å². The SMILES string of the molecule is [O-][n+]1cccc(C(Cl)=NOCC(O)C[N+]2([O-])CCCCC2)c1. The molecule has 1 aromatic rings. The van der Waals surface area contributed by atoms with Crippen LogP contribution in [0.5, 0.6) is 0 Å². The van der Waals surface area contributed by atoms with Crippen molar-refractivity contribution in [2.45, 2.75) is 25.4 Å². The molecule has 122 valence electrons. The van der Waals surface area contributed by atoms with E-state index in [1.54, 1.807) is 6.07 Å². The zero-order valence-electron chi connectivity index (χ0n) is 12.2. The molecule has 2 rings (SSSR count). The molecular weight excluding hydrogens is 310 g/mol. The first-order valence-corrected chi connectivity index (χ1v) is 7.66. The van der Waals surface area contributed by atoms with E-state index in [2.05, 4.69) is 5.16 Å². The van der Waals surface area contributed by atoms with Crippen LogP contribution in [-0.4, -0.2) is 47.3 Å². The number of piperidine rings is 1. The normalized spacial score (nSPS) is 19.7. The predicted octanol–water partition coefficient (Wildman–Crippen LogP) is 1.10. The van der Waals surface area contributed by atoms with Gasteiger partial charge in [-0.1, -0.05) is 16.8 Å². The Bertz CT molecular complexity index is 521. The van der Waals surface area contributed by atoms with E-state index in [1.807, 2.05) is 0 Å². The maximum Gasteiger partial charge on any atom is 0.190 e. The van der Waals surface area contributed by atoms with Crippen LogP contribution in [0.25, 0.3) is 0 Å². The number of hydrogen-bond donors (Lipinski definition) is 1. The Morgan fingerprint density at radius 3 is 2.86 bits per heavy atom. The van der Waals surface area contributed by atoms with Gasteiger partial charge >= 0.3 is 0 Å². The molecule has 0 bridgehead atoms. The number of quaternary nitrogens is 1.